The van der Waals surface area contributed by atoms with Crippen molar-refractivity contribution in [3.05, 3.63) is 25.1 Å². The SMILES string of the molecule is CCC[CH2][Sn]([CH2]CCC)([CH2]CCC)[C]1=CS/C(=C2/SC=[C]([Sn]([CH2]CCC)([CH2]CCC)[CH2]CCC)S2)S1. The van der Waals surface area contributed by atoms with Crippen molar-refractivity contribution in [2.45, 2.75) is 145 Å². The molecule has 2 rings (SSSR count). The van der Waals surface area contributed by atoms with Crippen LogP contribution in [-0.4, -0.2) is 36.8 Å². The van der Waals surface area contributed by atoms with Crippen LogP contribution in [0.5, 0.6) is 0 Å². The first-order valence-corrected chi connectivity index (χ1v) is 33.7. The predicted octanol–water partition coefficient (Wildman–Crippen LogP) is 13.5. The number of rotatable bonds is 20. The van der Waals surface area contributed by atoms with Crippen LogP contribution in [0.2, 0.25) is 26.6 Å². The Morgan fingerprint density at radius 1 is 0.444 bits per heavy atom. The molecule has 0 aromatic heterocycles. The van der Waals surface area contributed by atoms with Crippen LogP contribution in [0.1, 0.15) is 119 Å². The molecule has 2 aliphatic rings. The summed E-state index contributed by atoms with van der Waals surface area (Å²) in [6.07, 6.45) is 17.0. The summed E-state index contributed by atoms with van der Waals surface area (Å²) in [6.45, 7) is 14.4. The minimum absolute atomic E-state index is 1.37. The van der Waals surface area contributed by atoms with Gasteiger partial charge in [-0.05, 0) is 0 Å². The van der Waals surface area contributed by atoms with E-state index in [1.807, 2.05) is 5.84 Å². The fourth-order valence-corrected chi connectivity index (χ4v) is 53.1. The van der Waals surface area contributed by atoms with Crippen molar-refractivity contribution in [3.63, 3.8) is 0 Å². The zero-order valence-electron chi connectivity index (χ0n) is 24.5. The monoisotopic (exact) mass is 784 g/mol. The van der Waals surface area contributed by atoms with Crippen molar-refractivity contribution in [3.8, 4) is 0 Å². The molecule has 2 heterocycles. The van der Waals surface area contributed by atoms with Gasteiger partial charge >= 0.3 is 254 Å². The van der Waals surface area contributed by atoms with Gasteiger partial charge in [0.05, 0.1) is 0 Å². The van der Waals surface area contributed by atoms with Crippen LogP contribution in [-0.2, 0) is 0 Å². The summed E-state index contributed by atoms with van der Waals surface area (Å²) in [5.74, 6) is 0. The van der Waals surface area contributed by atoms with E-state index in [9.17, 15) is 0 Å². The second-order valence-electron chi connectivity index (χ2n) is 11.2. The molecule has 0 aromatic carbocycles. The molecule has 6 heteroatoms. The van der Waals surface area contributed by atoms with Crippen LogP contribution < -0.4 is 0 Å². The predicted molar refractivity (Wildman–Crippen MR) is 183 cm³/mol. The van der Waals surface area contributed by atoms with Gasteiger partial charge in [-0.2, -0.15) is 0 Å². The van der Waals surface area contributed by atoms with Crippen LogP contribution in [0.25, 0.3) is 0 Å². The Bertz CT molecular complexity index is 625. The number of thioether (sulfide) groups is 4. The standard InChI is InChI=1S/C6H2S4.6C4H9.2Sn/c1-2-8-5(7-1)6-9-3-4-10-6;6*1-3-4-2;;/h1,3H;6*1,3-4H2,2H3;;/b6-5+;;;;;;;;. The summed E-state index contributed by atoms with van der Waals surface area (Å²) >= 11 is 4.19. The van der Waals surface area contributed by atoms with Crippen molar-refractivity contribution < 1.29 is 0 Å². The van der Waals surface area contributed by atoms with Crippen LogP contribution >= 0.6 is 47.0 Å². The minimum atomic E-state index is -2.30. The van der Waals surface area contributed by atoms with Crippen LogP contribution in [0.4, 0.5) is 0 Å². The van der Waals surface area contributed by atoms with Gasteiger partial charge in [0.15, 0.2) is 0 Å². The molecule has 0 atom stereocenters. The first-order valence-electron chi connectivity index (χ1n) is 15.4. The molecule has 0 unspecified atom stereocenters. The van der Waals surface area contributed by atoms with Crippen molar-refractivity contribution in [1.29, 1.82) is 0 Å². The Balaban J connectivity index is 2.24. The molecule has 0 N–H and O–H groups in total. The molecular formula is C30H56S4Sn2. The Hall–Kier alpha value is 2.22. The van der Waals surface area contributed by atoms with Crippen molar-refractivity contribution in [1.82, 2.24) is 0 Å². The summed E-state index contributed by atoms with van der Waals surface area (Å²) in [7, 11) is 0. The van der Waals surface area contributed by atoms with Crippen molar-refractivity contribution in [2.75, 3.05) is 0 Å². The molecule has 0 saturated heterocycles. The van der Waals surface area contributed by atoms with Crippen LogP contribution in [0, 0.1) is 0 Å². The van der Waals surface area contributed by atoms with E-state index in [1.165, 1.54) is 77.0 Å². The maximum atomic E-state index is 2.69. The quantitative estimate of drug-likeness (QED) is 0.113. The Morgan fingerprint density at radius 2 is 0.694 bits per heavy atom. The third kappa shape index (κ3) is 10.2. The number of hydrogen-bond acceptors (Lipinski definition) is 4. The summed E-state index contributed by atoms with van der Waals surface area (Å²) in [5.41, 5.74) is 0. The molecule has 0 fully saturated rings. The topological polar surface area (TPSA) is 0 Å². The average Bonchev–Trinajstić information content (AvgIpc) is 3.59. The van der Waals surface area contributed by atoms with Gasteiger partial charge in [0, 0.05) is 0 Å². The van der Waals surface area contributed by atoms with Gasteiger partial charge in [0.2, 0.25) is 0 Å². The third-order valence-electron chi connectivity index (χ3n) is 8.22. The molecule has 208 valence electrons. The van der Waals surface area contributed by atoms with E-state index in [0.29, 0.717) is 0 Å². The molecule has 0 aliphatic carbocycles. The van der Waals surface area contributed by atoms with E-state index in [-0.39, 0.29) is 0 Å². The van der Waals surface area contributed by atoms with E-state index in [4.69, 9.17) is 0 Å². The first-order chi connectivity index (χ1) is 17.5. The van der Waals surface area contributed by atoms with Gasteiger partial charge in [-0.25, -0.2) is 0 Å². The molecule has 36 heavy (non-hydrogen) atoms. The van der Waals surface area contributed by atoms with E-state index in [1.54, 1.807) is 35.1 Å². The van der Waals surface area contributed by atoms with Gasteiger partial charge in [-0.3, -0.25) is 0 Å². The summed E-state index contributed by atoms with van der Waals surface area (Å²) in [6, 6.07) is 0. The van der Waals surface area contributed by atoms with Crippen LogP contribution in [0.3, 0.4) is 0 Å². The Kier molecular flexibility index (Phi) is 18.5. The fraction of sp³-hybridized carbons (Fsp3) is 0.800. The van der Waals surface area contributed by atoms with Crippen molar-refractivity contribution >= 4 is 83.8 Å². The molecule has 0 aromatic rings. The van der Waals surface area contributed by atoms with Gasteiger partial charge in [-0.1, -0.05) is 0 Å². The zero-order chi connectivity index (χ0) is 26.3. The zero-order valence-corrected chi connectivity index (χ0v) is 33.5. The molecule has 0 saturated carbocycles. The van der Waals surface area contributed by atoms with Gasteiger partial charge in [0.1, 0.15) is 0 Å². The van der Waals surface area contributed by atoms with Crippen molar-refractivity contribution in [2.24, 2.45) is 0 Å². The fourth-order valence-electron chi connectivity index (χ4n) is 5.74. The van der Waals surface area contributed by atoms with Gasteiger partial charge in [-0.15, -0.1) is 0 Å². The average molecular weight is 782 g/mol. The summed E-state index contributed by atoms with van der Waals surface area (Å²) < 4.78 is 16.8. The van der Waals surface area contributed by atoms with Gasteiger partial charge in [0.25, 0.3) is 0 Å². The normalized spacial score (nSPS) is 18.7. The summed E-state index contributed by atoms with van der Waals surface area (Å²) in [4.78, 5) is 0. The van der Waals surface area contributed by atoms with Gasteiger partial charge < -0.3 is 0 Å². The van der Waals surface area contributed by atoms with E-state index in [0.717, 1.165) is 0 Å². The van der Waals surface area contributed by atoms with E-state index >= 15 is 0 Å². The molecule has 0 spiro atoms. The molecule has 2 aliphatic heterocycles. The summed E-state index contributed by atoms with van der Waals surface area (Å²) in [5, 5.41) is 5.37. The first kappa shape index (κ1) is 34.4. The molecule has 0 nitrogen and oxygen atoms in total. The third-order valence-corrected chi connectivity index (χ3v) is 51.1. The molecule has 0 amide bonds. The van der Waals surface area contributed by atoms with Crippen LogP contribution in [0.15, 0.2) is 25.1 Å². The Morgan fingerprint density at radius 3 is 0.917 bits per heavy atom. The molecule has 0 bridgehead atoms. The van der Waals surface area contributed by atoms with E-state index in [2.05, 4.69) is 99.4 Å². The van der Waals surface area contributed by atoms with E-state index < -0.39 is 36.8 Å². The molecular weight excluding hydrogens is 726 g/mol. The number of unbranched alkanes of at least 4 members (excludes halogenated alkanes) is 6. The molecule has 0 radical (unpaired) electrons. The number of hydrogen-bond donors (Lipinski definition) is 0. The maximum absolute atomic E-state index is 2.69. The Labute approximate surface area is 251 Å². The second kappa shape index (κ2) is 19.4. The second-order valence-corrected chi connectivity index (χ2v) is 43.9.